The van der Waals surface area contributed by atoms with Gasteiger partial charge in [-0.05, 0) is 54.8 Å². The van der Waals surface area contributed by atoms with Gasteiger partial charge >= 0.3 is 0 Å². The van der Waals surface area contributed by atoms with E-state index in [1.807, 2.05) is 29.2 Å². The molecule has 0 unspecified atom stereocenters. The summed E-state index contributed by atoms with van der Waals surface area (Å²) < 4.78 is 23.9. The van der Waals surface area contributed by atoms with Gasteiger partial charge in [0.25, 0.3) is 0 Å². The van der Waals surface area contributed by atoms with E-state index in [4.69, 9.17) is 9.26 Å². The Morgan fingerprint density at radius 2 is 1.81 bits per heavy atom. The third-order valence-electron chi connectivity index (χ3n) is 5.99. The van der Waals surface area contributed by atoms with E-state index >= 15 is 0 Å². The second kappa shape index (κ2) is 10.4. The van der Waals surface area contributed by atoms with Gasteiger partial charge < -0.3 is 14.2 Å². The summed E-state index contributed by atoms with van der Waals surface area (Å²) in [6.07, 6.45) is 6.25. The summed E-state index contributed by atoms with van der Waals surface area (Å²) in [6, 6.07) is 13.8. The van der Waals surface area contributed by atoms with Gasteiger partial charge in [0.1, 0.15) is 11.6 Å². The molecule has 0 radical (unpaired) electrons. The number of carbonyl (C=O) groups is 1. The first-order valence-corrected chi connectivity index (χ1v) is 11.1. The second-order valence-electron chi connectivity index (χ2n) is 8.17. The number of hydrogen-bond donors (Lipinski definition) is 0. The average molecular weight is 438 g/mol. The lowest BCUT2D eigenvalue weighted by Crippen LogP contribution is -2.43. The van der Waals surface area contributed by atoms with Crippen LogP contribution < -0.4 is 4.74 Å². The number of hydrogen-bond acceptors (Lipinski definition) is 5. The standard InChI is InChI=1S/C25H28FN3O3/c1-31-22-13-9-19(10-14-22)25-27-23(32-28-25)15-16-29(21-5-3-2-4-6-21)24(30)17-18-7-11-20(26)12-8-18/h7-14,21H,2-6,15-17H2,1H3. The molecule has 6 nitrogen and oxygen atoms in total. The third kappa shape index (κ3) is 5.52. The fraction of sp³-hybridized carbons (Fsp3) is 0.400. The van der Waals surface area contributed by atoms with Crippen LogP contribution in [0.3, 0.4) is 0 Å². The molecule has 32 heavy (non-hydrogen) atoms. The minimum Gasteiger partial charge on any atom is -0.497 e. The third-order valence-corrected chi connectivity index (χ3v) is 5.99. The fourth-order valence-electron chi connectivity index (χ4n) is 4.21. The van der Waals surface area contributed by atoms with Crippen LogP contribution in [0.5, 0.6) is 5.75 Å². The fourth-order valence-corrected chi connectivity index (χ4v) is 4.21. The number of methoxy groups -OCH3 is 1. The number of rotatable bonds is 8. The van der Waals surface area contributed by atoms with Crippen molar-refractivity contribution in [1.82, 2.24) is 15.0 Å². The van der Waals surface area contributed by atoms with E-state index in [0.29, 0.717) is 24.7 Å². The van der Waals surface area contributed by atoms with Gasteiger partial charge in [-0.25, -0.2) is 4.39 Å². The van der Waals surface area contributed by atoms with Gasteiger partial charge in [-0.2, -0.15) is 4.98 Å². The van der Waals surface area contributed by atoms with Crippen LogP contribution in [0.1, 0.15) is 43.6 Å². The van der Waals surface area contributed by atoms with Crippen molar-refractivity contribution in [2.24, 2.45) is 0 Å². The topological polar surface area (TPSA) is 68.5 Å². The molecule has 1 aliphatic rings. The molecule has 1 heterocycles. The van der Waals surface area contributed by atoms with Crippen molar-refractivity contribution in [2.75, 3.05) is 13.7 Å². The SMILES string of the molecule is COc1ccc(-c2noc(CCN(C(=O)Cc3ccc(F)cc3)C3CCCCC3)n2)cc1. The van der Waals surface area contributed by atoms with E-state index < -0.39 is 0 Å². The number of carbonyl (C=O) groups excluding carboxylic acids is 1. The lowest BCUT2D eigenvalue weighted by atomic mass is 9.93. The Morgan fingerprint density at radius 3 is 2.50 bits per heavy atom. The number of benzene rings is 2. The zero-order valence-electron chi connectivity index (χ0n) is 18.3. The molecule has 0 saturated heterocycles. The molecule has 168 valence electrons. The van der Waals surface area contributed by atoms with Crippen molar-refractivity contribution in [3.05, 3.63) is 65.8 Å². The van der Waals surface area contributed by atoms with Gasteiger partial charge in [0.2, 0.25) is 17.6 Å². The summed E-state index contributed by atoms with van der Waals surface area (Å²) in [5, 5.41) is 4.09. The molecule has 0 bridgehead atoms. The van der Waals surface area contributed by atoms with Gasteiger partial charge in [0.05, 0.1) is 13.5 Å². The zero-order valence-corrected chi connectivity index (χ0v) is 18.3. The molecule has 1 saturated carbocycles. The Hall–Kier alpha value is -3.22. The quantitative estimate of drug-likeness (QED) is 0.505. The second-order valence-corrected chi connectivity index (χ2v) is 8.17. The van der Waals surface area contributed by atoms with Crippen molar-refractivity contribution in [3.63, 3.8) is 0 Å². The predicted octanol–water partition coefficient (Wildman–Crippen LogP) is 4.83. The lowest BCUT2D eigenvalue weighted by Gasteiger charge is -2.34. The Balaban J connectivity index is 1.43. The summed E-state index contributed by atoms with van der Waals surface area (Å²) in [5.74, 6) is 1.55. The number of amides is 1. The molecule has 4 rings (SSSR count). The largest absolute Gasteiger partial charge is 0.497 e. The van der Waals surface area contributed by atoms with Crippen molar-refractivity contribution in [1.29, 1.82) is 0 Å². The van der Waals surface area contributed by atoms with Gasteiger partial charge in [-0.3, -0.25) is 4.79 Å². The highest BCUT2D eigenvalue weighted by molar-refractivity contribution is 5.79. The van der Waals surface area contributed by atoms with Gasteiger partial charge in [-0.1, -0.05) is 36.6 Å². The lowest BCUT2D eigenvalue weighted by molar-refractivity contribution is -0.133. The normalized spacial score (nSPS) is 14.3. The first kappa shape index (κ1) is 22.0. The molecule has 1 amide bonds. The summed E-state index contributed by atoms with van der Waals surface area (Å²) in [7, 11) is 1.62. The van der Waals surface area contributed by atoms with E-state index in [9.17, 15) is 9.18 Å². The van der Waals surface area contributed by atoms with Crippen LogP contribution in [0, 0.1) is 5.82 Å². The molecule has 0 atom stereocenters. The first-order chi connectivity index (χ1) is 15.6. The maximum Gasteiger partial charge on any atom is 0.228 e. The number of ether oxygens (including phenoxy) is 1. The highest BCUT2D eigenvalue weighted by Gasteiger charge is 2.26. The summed E-state index contributed by atoms with van der Waals surface area (Å²) in [5.41, 5.74) is 1.66. The van der Waals surface area contributed by atoms with Crippen LogP contribution in [-0.2, 0) is 17.6 Å². The maximum absolute atomic E-state index is 13.2. The number of aromatic nitrogens is 2. The summed E-state index contributed by atoms with van der Waals surface area (Å²) in [6.45, 7) is 0.523. The highest BCUT2D eigenvalue weighted by Crippen LogP contribution is 2.24. The molecule has 0 aliphatic heterocycles. The molecule has 7 heteroatoms. The Labute approximate surface area is 187 Å². The zero-order chi connectivity index (χ0) is 22.3. The van der Waals surface area contributed by atoms with Crippen LogP contribution in [-0.4, -0.2) is 40.6 Å². The Morgan fingerprint density at radius 1 is 1.09 bits per heavy atom. The number of nitrogens with zero attached hydrogens (tertiary/aromatic N) is 3. The van der Waals surface area contributed by atoms with Crippen LogP contribution in [0.15, 0.2) is 53.1 Å². The van der Waals surface area contributed by atoms with Crippen LogP contribution in [0.4, 0.5) is 4.39 Å². The molecule has 0 N–H and O–H groups in total. The van der Waals surface area contributed by atoms with E-state index in [-0.39, 0.29) is 24.2 Å². The molecule has 0 spiro atoms. The molecule has 3 aromatic rings. The minimum atomic E-state index is -0.297. The van der Waals surface area contributed by atoms with E-state index in [2.05, 4.69) is 10.1 Å². The van der Waals surface area contributed by atoms with Gasteiger partial charge in [0, 0.05) is 24.6 Å². The van der Waals surface area contributed by atoms with E-state index in [1.54, 1.807) is 19.2 Å². The maximum atomic E-state index is 13.2. The smallest absolute Gasteiger partial charge is 0.228 e. The van der Waals surface area contributed by atoms with Crippen molar-refractivity contribution in [2.45, 2.75) is 51.0 Å². The molecule has 1 aliphatic carbocycles. The Bertz CT molecular complexity index is 1010. The van der Waals surface area contributed by atoms with E-state index in [0.717, 1.165) is 42.6 Å². The molecule has 1 aromatic heterocycles. The monoisotopic (exact) mass is 437 g/mol. The van der Waals surface area contributed by atoms with Gasteiger partial charge in [-0.15, -0.1) is 0 Å². The van der Waals surface area contributed by atoms with Crippen LogP contribution in [0.25, 0.3) is 11.4 Å². The molecular weight excluding hydrogens is 409 g/mol. The van der Waals surface area contributed by atoms with Crippen molar-refractivity contribution in [3.8, 4) is 17.1 Å². The average Bonchev–Trinajstić information content (AvgIpc) is 3.30. The van der Waals surface area contributed by atoms with Crippen molar-refractivity contribution >= 4 is 5.91 Å². The molecular formula is C25H28FN3O3. The summed E-state index contributed by atoms with van der Waals surface area (Å²) in [4.78, 5) is 19.6. The van der Waals surface area contributed by atoms with Gasteiger partial charge in [0.15, 0.2) is 0 Å². The first-order valence-electron chi connectivity index (χ1n) is 11.1. The summed E-state index contributed by atoms with van der Waals surface area (Å²) >= 11 is 0. The van der Waals surface area contributed by atoms with E-state index in [1.165, 1.54) is 18.6 Å². The minimum absolute atomic E-state index is 0.0541. The van der Waals surface area contributed by atoms with Crippen molar-refractivity contribution < 1.29 is 18.4 Å². The molecule has 2 aromatic carbocycles. The highest BCUT2D eigenvalue weighted by atomic mass is 19.1. The van der Waals surface area contributed by atoms with Crippen LogP contribution >= 0.6 is 0 Å². The number of halogens is 1. The molecule has 1 fully saturated rings. The Kier molecular flexibility index (Phi) is 7.14. The van der Waals surface area contributed by atoms with Crippen LogP contribution in [0.2, 0.25) is 0 Å². The predicted molar refractivity (Wildman–Crippen MR) is 119 cm³/mol.